The number of imidazole rings is 1. The first kappa shape index (κ1) is 13.1. The average molecular weight is 295 g/mol. The minimum atomic E-state index is 0.557. The fraction of sp³-hybridized carbons (Fsp3) is 0.312. The Bertz CT molecular complexity index is 809. The highest BCUT2D eigenvalue weighted by Gasteiger charge is 2.26. The van der Waals surface area contributed by atoms with Gasteiger partial charge in [-0.2, -0.15) is 0 Å². The van der Waals surface area contributed by atoms with Crippen molar-refractivity contribution >= 4 is 17.0 Å². The summed E-state index contributed by atoms with van der Waals surface area (Å²) in [6, 6.07) is 8.50. The zero-order valence-electron chi connectivity index (χ0n) is 12.4. The van der Waals surface area contributed by atoms with Gasteiger partial charge in [0.15, 0.2) is 11.5 Å². The van der Waals surface area contributed by atoms with E-state index in [0.717, 1.165) is 28.3 Å². The molecule has 1 aliphatic rings. The molecular weight excluding hydrogens is 278 g/mol. The molecule has 1 aromatic carbocycles. The lowest BCUT2D eigenvalue weighted by molar-refractivity contribution is 0.410. The van der Waals surface area contributed by atoms with E-state index in [1.165, 1.54) is 12.8 Å². The maximum atomic E-state index is 5.37. The second kappa shape index (κ2) is 5.29. The minimum Gasteiger partial charge on any atom is -0.496 e. The lowest BCUT2D eigenvalue weighted by Crippen LogP contribution is -2.04. The normalized spacial score (nSPS) is 14.2. The predicted octanol–water partition coefficient (Wildman–Crippen LogP) is 2.78. The number of hydrogen-bond acceptors (Lipinski definition) is 5. The van der Waals surface area contributed by atoms with Gasteiger partial charge >= 0.3 is 0 Å². The van der Waals surface area contributed by atoms with Crippen molar-refractivity contribution in [3.05, 3.63) is 42.5 Å². The molecule has 0 radical (unpaired) electrons. The van der Waals surface area contributed by atoms with E-state index in [1.807, 2.05) is 30.6 Å². The highest BCUT2D eigenvalue weighted by atomic mass is 16.5. The quantitative estimate of drug-likeness (QED) is 0.784. The molecule has 0 amide bonds. The van der Waals surface area contributed by atoms with Crippen LogP contribution in [0.3, 0.4) is 0 Å². The van der Waals surface area contributed by atoms with E-state index in [2.05, 4.69) is 24.8 Å². The molecule has 0 aliphatic heterocycles. The molecule has 1 aliphatic carbocycles. The van der Waals surface area contributed by atoms with E-state index in [4.69, 9.17) is 4.74 Å². The van der Waals surface area contributed by atoms with Gasteiger partial charge in [-0.3, -0.25) is 0 Å². The molecule has 6 heteroatoms. The van der Waals surface area contributed by atoms with Crippen LogP contribution in [0.25, 0.3) is 11.2 Å². The molecule has 0 saturated heterocycles. The van der Waals surface area contributed by atoms with Crippen LogP contribution in [-0.2, 0) is 6.54 Å². The number of benzene rings is 1. The van der Waals surface area contributed by atoms with E-state index in [-0.39, 0.29) is 0 Å². The summed E-state index contributed by atoms with van der Waals surface area (Å²) in [7, 11) is 1.68. The molecule has 0 bridgehead atoms. The van der Waals surface area contributed by atoms with Crippen molar-refractivity contribution in [2.45, 2.75) is 25.4 Å². The van der Waals surface area contributed by atoms with Crippen molar-refractivity contribution in [1.82, 2.24) is 19.5 Å². The van der Waals surface area contributed by atoms with Gasteiger partial charge in [0.05, 0.1) is 13.4 Å². The summed E-state index contributed by atoms with van der Waals surface area (Å²) in [6.07, 6.45) is 5.87. The van der Waals surface area contributed by atoms with E-state index in [1.54, 1.807) is 13.4 Å². The first-order valence-corrected chi connectivity index (χ1v) is 7.40. The van der Waals surface area contributed by atoms with Gasteiger partial charge in [0.1, 0.15) is 17.6 Å². The van der Waals surface area contributed by atoms with Crippen LogP contribution in [-0.4, -0.2) is 26.6 Å². The summed E-state index contributed by atoms with van der Waals surface area (Å²) in [6.45, 7) is 0.631. The second-order valence-corrected chi connectivity index (χ2v) is 5.44. The highest BCUT2D eigenvalue weighted by Crippen LogP contribution is 2.37. The van der Waals surface area contributed by atoms with Crippen LogP contribution in [0.1, 0.15) is 24.4 Å². The number of nitrogens with zero attached hydrogens (tertiary/aromatic N) is 4. The number of para-hydroxylation sites is 1. The molecule has 4 rings (SSSR count). The zero-order valence-corrected chi connectivity index (χ0v) is 12.4. The molecule has 112 valence electrons. The Balaban J connectivity index is 1.61. The smallest absolute Gasteiger partial charge is 0.165 e. The van der Waals surface area contributed by atoms with E-state index >= 15 is 0 Å². The molecule has 2 aromatic heterocycles. The van der Waals surface area contributed by atoms with Crippen LogP contribution in [0, 0.1) is 0 Å². The molecule has 0 unspecified atom stereocenters. The summed E-state index contributed by atoms with van der Waals surface area (Å²) >= 11 is 0. The Labute approximate surface area is 128 Å². The van der Waals surface area contributed by atoms with Gasteiger partial charge in [0, 0.05) is 18.2 Å². The Morgan fingerprint density at radius 2 is 2.09 bits per heavy atom. The molecule has 3 aromatic rings. The van der Waals surface area contributed by atoms with Crippen molar-refractivity contribution in [3.8, 4) is 5.75 Å². The van der Waals surface area contributed by atoms with E-state index in [9.17, 15) is 0 Å². The van der Waals surface area contributed by atoms with Crippen LogP contribution in [0.15, 0.2) is 36.9 Å². The van der Waals surface area contributed by atoms with Gasteiger partial charge in [0.25, 0.3) is 0 Å². The summed E-state index contributed by atoms with van der Waals surface area (Å²) in [5.41, 5.74) is 2.81. The Morgan fingerprint density at radius 1 is 1.23 bits per heavy atom. The second-order valence-electron chi connectivity index (χ2n) is 5.44. The number of anilines is 1. The fourth-order valence-corrected chi connectivity index (χ4v) is 2.63. The van der Waals surface area contributed by atoms with E-state index < -0.39 is 0 Å². The number of fused-ring (bicyclic) bond motifs is 1. The van der Waals surface area contributed by atoms with Gasteiger partial charge in [-0.05, 0) is 18.9 Å². The molecular formula is C16H17N5O. The SMILES string of the molecule is COc1ccccc1CNc1ncnc2c1ncn2C1CC1. The van der Waals surface area contributed by atoms with Crippen molar-refractivity contribution in [1.29, 1.82) is 0 Å². The largest absolute Gasteiger partial charge is 0.496 e. The summed E-state index contributed by atoms with van der Waals surface area (Å²) in [5, 5.41) is 3.34. The molecule has 0 spiro atoms. The molecule has 1 fully saturated rings. The van der Waals surface area contributed by atoms with Crippen LogP contribution in [0.2, 0.25) is 0 Å². The number of methoxy groups -OCH3 is 1. The van der Waals surface area contributed by atoms with Crippen LogP contribution in [0.4, 0.5) is 5.82 Å². The lowest BCUT2D eigenvalue weighted by Gasteiger charge is -2.10. The van der Waals surface area contributed by atoms with E-state index in [0.29, 0.717) is 12.6 Å². The predicted molar refractivity (Wildman–Crippen MR) is 83.9 cm³/mol. The van der Waals surface area contributed by atoms with Gasteiger partial charge < -0.3 is 14.6 Å². The highest BCUT2D eigenvalue weighted by molar-refractivity contribution is 5.82. The third-order valence-corrected chi connectivity index (χ3v) is 3.94. The van der Waals surface area contributed by atoms with Gasteiger partial charge in [-0.15, -0.1) is 0 Å². The van der Waals surface area contributed by atoms with Crippen LogP contribution < -0.4 is 10.1 Å². The zero-order chi connectivity index (χ0) is 14.9. The number of rotatable bonds is 5. The molecule has 0 atom stereocenters. The molecule has 1 saturated carbocycles. The lowest BCUT2D eigenvalue weighted by atomic mass is 10.2. The van der Waals surface area contributed by atoms with Gasteiger partial charge in [0.2, 0.25) is 0 Å². The van der Waals surface area contributed by atoms with Gasteiger partial charge in [-0.1, -0.05) is 18.2 Å². The van der Waals surface area contributed by atoms with Crippen molar-refractivity contribution in [2.75, 3.05) is 12.4 Å². The van der Waals surface area contributed by atoms with Crippen molar-refractivity contribution in [2.24, 2.45) is 0 Å². The molecule has 1 N–H and O–H groups in total. The topological polar surface area (TPSA) is 64.9 Å². The van der Waals surface area contributed by atoms with Crippen LogP contribution >= 0.6 is 0 Å². The Morgan fingerprint density at radius 3 is 2.91 bits per heavy atom. The molecule has 2 heterocycles. The summed E-state index contributed by atoms with van der Waals surface area (Å²) < 4.78 is 7.52. The van der Waals surface area contributed by atoms with Gasteiger partial charge in [-0.25, -0.2) is 15.0 Å². The number of ether oxygens (including phenoxy) is 1. The monoisotopic (exact) mass is 295 g/mol. The maximum absolute atomic E-state index is 5.37. The third kappa shape index (κ3) is 2.26. The van der Waals surface area contributed by atoms with Crippen LogP contribution in [0.5, 0.6) is 5.75 Å². The number of aromatic nitrogens is 4. The standard InChI is InChI=1S/C16H17N5O/c1-22-13-5-3-2-4-11(13)8-17-15-14-16(19-9-18-15)21(10-20-14)12-6-7-12/h2-5,9-10,12H,6-8H2,1H3,(H,17,18,19). The fourth-order valence-electron chi connectivity index (χ4n) is 2.63. The average Bonchev–Trinajstić information content (AvgIpc) is 3.32. The number of hydrogen-bond donors (Lipinski definition) is 1. The maximum Gasteiger partial charge on any atom is 0.165 e. The number of nitrogens with one attached hydrogen (secondary N) is 1. The minimum absolute atomic E-state index is 0.557. The first-order chi connectivity index (χ1) is 10.9. The van der Waals surface area contributed by atoms with Crippen molar-refractivity contribution < 1.29 is 4.74 Å². The molecule has 22 heavy (non-hydrogen) atoms. The Kier molecular flexibility index (Phi) is 3.14. The van der Waals surface area contributed by atoms with Crippen molar-refractivity contribution in [3.63, 3.8) is 0 Å². The first-order valence-electron chi connectivity index (χ1n) is 7.40. The Hall–Kier alpha value is -2.63. The third-order valence-electron chi connectivity index (χ3n) is 3.94. The summed E-state index contributed by atoms with van der Waals surface area (Å²) in [5.74, 6) is 1.62. The molecule has 6 nitrogen and oxygen atoms in total. The summed E-state index contributed by atoms with van der Waals surface area (Å²) in [4.78, 5) is 13.2.